The first kappa shape index (κ1) is 24.5. The molecule has 35 heavy (non-hydrogen) atoms. The highest BCUT2D eigenvalue weighted by atomic mass is 16.6. The summed E-state index contributed by atoms with van der Waals surface area (Å²) in [7, 11) is 0. The lowest BCUT2D eigenvalue weighted by Gasteiger charge is -2.30. The zero-order valence-electron chi connectivity index (χ0n) is 21.2. The van der Waals surface area contributed by atoms with Gasteiger partial charge < -0.3 is 9.72 Å². The maximum Gasteiger partial charge on any atom is 0.332 e. The third-order valence-electron chi connectivity index (χ3n) is 6.05. The van der Waals surface area contributed by atoms with E-state index in [0.717, 1.165) is 33.3 Å². The van der Waals surface area contributed by atoms with Gasteiger partial charge >= 0.3 is 5.97 Å². The van der Waals surface area contributed by atoms with Gasteiger partial charge in [-0.15, -0.1) is 0 Å². The van der Waals surface area contributed by atoms with E-state index < -0.39 is 11.6 Å². The number of nitrogens with one attached hydrogen (secondary N) is 1. The quantitative estimate of drug-likeness (QED) is 0.232. The van der Waals surface area contributed by atoms with Gasteiger partial charge in [0.05, 0.1) is 5.71 Å². The molecule has 1 heterocycles. The fourth-order valence-electron chi connectivity index (χ4n) is 4.55. The second-order valence-corrected chi connectivity index (χ2v) is 10.2. The fourth-order valence-corrected chi connectivity index (χ4v) is 4.55. The molecule has 0 fully saturated rings. The number of benzene rings is 3. The van der Waals surface area contributed by atoms with E-state index in [9.17, 15) is 4.79 Å². The molecule has 4 aromatic rings. The Hall–Kier alpha value is -3.66. The summed E-state index contributed by atoms with van der Waals surface area (Å²) in [5, 5.41) is 1.11. The number of ether oxygens (including phenoxy) is 1. The molecule has 0 amide bonds. The van der Waals surface area contributed by atoms with Crippen molar-refractivity contribution in [2.24, 2.45) is 10.9 Å². The summed E-state index contributed by atoms with van der Waals surface area (Å²) >= 11 is 0. The lowest BCUT2D eigenvalue weighted by atomic mass is 9.82. The second-order valence-electron chi connectivity index (χ2n) is 10.2. The summed E-state index contributed by atoms with van der Waals surface area (Å²) in [5.74, 6) is -0.350. The van der Waals surface area contributed by atoms with Gasteiger partial charge in [-0.05, 0) is 38.3 Å². The number of rotatable bonds is 7. The third-order valence-corrected chi connectivity index (χ3v) is 6.05. The molecule has 180 valence electrons. The van der Waals surface area contributed by atoms with Crippen LogP contribution in [0.15, 0.2) is 96.1 Å². The highest BCUT2D eigenvalue weighted by molar-refractivity contribution is 6.13. The van der Waals surface area contributed by atoms with Gasteiger partial charge in [-0.1, -0.05) is 92.7 Å². The van der Waals surface area contributed by atoms with Gasteiger partial charge in [0.25, 0.3) is 0 Å². The molecule has 4 nitrogen and oxygen atoms in total. The second kappa shape index (κ2) is 10.3. The van der Waals surface area contributed by atoms with E-state index in [-0.39, 0.29) is 17.8 Å². The largest absolute Gasteiger partial charge is 0.458 e. The lowest BCUT2D eigenvalue weighted by molar-refractivity contribution is -0.157. The minimum Gasteiger partial charge on any atom is -0.458 e. The van der Waals surface area contributed by atoms with Crippen molar-refractivity contribution in [2.75, 3.05) is 0 Å². The van der Waals surface area contributed by atoms with Gasteiger partial charge in [-0.2, -0.15) is 0 Å². The summed E-state index contributed by atoms with van der Waals surface area (Å²) in [6, 6.07) is 27.6. The Morgan fingerprint density at radius 1 is 0.829 bits per heavy atom. The first-order valence-electron chi connectivity index (χ1n) is 12.2. The molecule has 0 saturated carbocycles. The molecule has 4 heteroatoms. The molecule has 0 aliphatic heterocycles. The molecule has 0 unspecified atom stereocenters. The Bertz CT molecular complexity index is 1260. The summed E-state index contributed by atoms with van der Waals surface area (Å²) in [6.45, 7) is 9.99. The zero-order chi connectivity index (χ0) is 25.0. The van der Waals surface area contributed by atoms with Gasteiger partial charge in [-0.3, -0.25) is 4.99 Å². The molecule has 0 aliphatic carbocycles. The van der Waals surface area contributed by atoms with Crippen LogP contribution in [0.4, 0.5) is 0 Å². The van der Waals surface area contributed by atoms with Crippen LogP contribution in [-0.4, -0.2) is 28.3 Å². The van der Waals surface area contributed by atoms with E-state index in [1.54, 1.807) is 0 Å². The molecular weight excluding hydrogens is 432 g/mol. The van der Waals surface area contributed by atoms with Gasteiger partial charge in [-0.25, -0.2) is 4.79 Å². The number of aliphatic imine (C=N–C) groups is 1. The van der Waals surface area contributed by atoms with Gasteiger partial charge in [0, 0.05) is 34.1 Å². The summed E-state index contributed by atoms with van der Waals surface area (Å²) in [5.41, 5.74) is 4.23. The van der Waals surface area contributed by atoms with Crippen molar-refractivity contribution in [1.29, 1.82) is 0 Å². The highest BCUT2D eigenvalue weighted by Gasteiger charge is 2.37. The summed E-state index contributed by atoms with van der Waals surface area (Å²) in [4.78, 5) is 22.4. The van der Waals surface area contributed by atoms with Crippen molar-refractivity contribution < 1.29 is 9.53 Å². The normalized spacial score (nSPS) is 13.4. The number of aromatic amines is 1. The van der Waals surface area contributed by atoms with Crippen LogP contribution in [0.1, 0.15) is 57.2 Å². The number of hydrogen-bond donors (Lipinski definition) is 1. The number of nitrogens with zero attached hydrogens (tertiary/aromatic N) is 1. The van der Waals surface area contributed by atoms with E-state index in [2.05, 4.69) is 31.0 Å². The monoisotopic (exact) mass is 466 g/mol. The molecule has 0 bridgehead atoms. The molecular formula is C31H34N2O2. The van der Waals surface area contributed by atoms with Crippen molar-refractivity contribution in [1.82, 2.24) is 4.98 Å². The number of hydrogen-bond acceptors (Lipinski definition) is 3. The smallest absolute Gasteiger partial charge is 0.332 e. The fraction of sp³-hybridized carbons (Fsp3) is 0.290. The van der Waals surface area contributed by atoms with E-state index >= 15 is 0 Å². The number of para-hydroxylation sites is 1. The van der Waals surface area contributed by atoms with Crippen molar-refractivity contribution in [2.45, 2.75) is 52.2 Å². The highest BCUT2D eigenvalue weighted by Crippen LogP contribution is 2.36. The van der Waals surface area contributed by atoms with Crippen LogP contribution >= 0.6 is 0 Å². The van der Waals surface area contributed by atoms with Crippen LogP contribution in [0, 0.1) is 5.92 Å². The standard InChI is InChI=1S/C31H34N2O2/c1-21(2)27(25-20-32-26-19-13-12-18-24(25)26)29(30(34)35-31(3,4)5)33-28(22-14-8-6-9-15-22)23-16-10-7-11-17-23/h6-21,27,29,32H,1-5H3/t27-,29-/m0/s1. The maximum atomic E-state index is 13.8. The van der Waals surface area contributed by atoms with Crippen molar-refractivity contribution >= 4 is 22.6 Å². The summed E-state index contributed by atoms with van der Waals surface area (Å²) in [6.07, 6.45) is 2.02. The first-order valence-corrected chi connectivity index (χ1v) is 12.2. The summed E-state index contributed by atoms with van der Waals surface area (Å²) < 4.78 is 5.96. The molecule has 0 spiro atoms. The Morgan fingerprint density at radius 2 is 1.37 bits per heavy atom. The number of carbonyl (C=O) groups is 1. The predicted octanol–water partition coefficient (Wildman–Crippen LogP) is 7.16. The Morgan fingerprint density at radius 3 is 1.91 bits per heavy atom. The molecule has 4 rings (SSSR count). The average Bonchev–Trinajstić information content (AvgIpc) is 3.25. The van der Waals surface area contributed by atoms with Crippen LogP contribution < -0.4 is 0 Å². The Kier molecular flexibility index (Phi) is 7.20. The maximum absolute atomic E-state index is 13.8. The number of H-pyrrole nitrogens is 1. The zero-order valence-corrected chi connectivity index (χ0v) is 21.2. The van der Waals surface area contributed by atoms with Crippen molar-refractivity contribution in [3.8, 4) is 0 Å². The Labute approximate surface area is 208 Å². The van der Waals surface area contributed by atoms with E-state index in [4.69, 9.17) is 9.73 Å². The van der Waals surface area contributed by atoms with E-state index in [1.165, 1.54) is 0 Å². The molecule has 0 radical (unpaired) electrons. The van der Waals surface area contributed by atoms with Gasteiger partial charge in [0.2, 0.25) is 0 Å². The predicted molar refractivity (Wildman–Crippen MR) is 144 cm³/mol. The van der Waals surface area contributed by atoms with Crippen LogP contribution in [0.3, 0.4) is 0 Å². The lowest BCUT2D eigenvalue weighted by Crippen LogP contribution is -2.37. The Balaban J connectivity index is 1.93. The molecule has 0 aliphatic rings. The van der Waals surface area contributed by atoms with Crippen LogP contribution in [0.5, 0.6) is 0 Å². The molecule has 0 saturated heterocycles. The SMILES string of the molecule is CC(C)[C@@H](c1c[nH]c2ccccc12)[C@H](N=C(c1ccccc1)c1ccccc1)C(=O)OC(C)(C)C. The van der Waals surface area contributed by atoms with Gasteiger partial charge in [0.15, 0.2) is 6.04 Å². The van der Waals surface area contributed by atoms with E-state index in [1.807, 2.05) is 99.8 Å². The van der Waals surface area contributed by atoms with Crippen LogP contribution in [0.2, 0.25) is 0 Å². The van der Waals surface area contributed by atoms with Crippen molar-refractivity contribution in [3.05, 3.63) is 108 Å². The first-order chi connectivity index (χ1) is 16.7. The molecule has 1 aromatic heterocycles. The topological polar surface area (TPSA) is 54.5 Å². The van der Waals surface area contributed by atoms with E-state index in [0.29, 0.717) is 0 Å². The molecule has 3 aromatic carbocycles. The minimum atomic E-state index is -0.719. The number of aromatic nitrogens is 1. The minimum absolute atomic E-state index is 0.142. The molecule has 1 N–H and O–H groups in total. The third kappa shape index (κ3) is 5.71. The van der Waals surface area contributed by atoms with Crippen LogP contribution in [0.25, 0.3) is 10.9 Å². The number of carbonyl (C=O) groups excluding carboxylic acids is 1. The average molecular weight is 467 g/mol. The number of fused-ring (bicyclic) bond motifs is 1. The van der Waals surface area contributed by atoms with Crippen LogP contribution in [-0.2, 0) is 9.53 Å². The number of esters is 1. The van der Waals surface area contributed by atoms with Gasteiger partial charge in [0.1, 0.15) is 5.60 Å². The molecule has 2 atom stereocenters. The van der Waals surface area contributed by atoms with Crippen molar-refractivity contribution in [3.63, 3.8) is 0 Å².